The first-order chi connectivity index (χ1) is 16.4. The SMILES string of the molecule is CCCCNC(=O)C(c1ccc(C)cc1C)N(CCO)C(=O)C(CCSC)NC(=O)OC(C)(C)C. The second-order valence-corrected chi connectivity index (χ2v) is 10.6. The van der Waals surface area contributed by atoms with Gasteiger partial charge in [-0.3, -0.25) is 9.59 Å². The predicted octanol–water partition coefficient (Wildman–Crippen LogP) is 3.73. The summed E-state index contributed by atoms with van der Waals surface area (Å²) in [5.41, 5.74) is 1.88. The van der Waals surface area contributed by atoms with Gasteiger partial charge in [-0.25, -0.2) is 4.79 Å². The van der Waals surface area contributed by atoms with Gasteiger partial charge >= 0.3 is 6.09 Å². The zero-order valence-electron chi connectivity index (χ0n) is 22.3. The second-order valence-electron chi connectivity index (χ2n) is 9.64. The van der Waals surface area contributed by atoms with Crippen LogP contribution in [0.15, 0.2) is 18.2 Å². The quantitative estimate of drug-likeness (QED) is 0.350. The molecule has 2 atom stereocenters. The van der Waals surface area contributed by atoms with Gasteiger partial charge in [-0.15, -0.1) is 0 Å². The van der Waals surface area contributed by atoms with E-state index in [-0.39, 0.29) is 19.1 Å². The minimum atomic E-state index is -0.940. The summed E-state index contributed by atoms with van der Waals surface area (Å²) in [6.07, 6.45) is 3.31. The number of carbonyl (C=O) groups excluding carboxylic acids is 3. The Morgan fingerprint density at radius 1 is 1.20 bits per heavy atom. The number of benzene rings is 1. The molecule has 35 heavy (non-hydrogen) atoms. The molecule has 9 heteroatoms. The Labute approximate surface area is 214 Å². The Bertz CT molecular complexity index is 841. The van der Waals surface area contributed by atoms with Gasteiger partial charge in [0.15, 0.2) is 0 Å². The van der Waals surface area contributed by atoms with E-state index in [4.69, 9.17) is 4.74 Å². The van der Waals surface area contributed by atoms with E-state index in [0.717, 1.165) is 24.0 Å². The van der Waals surface area contributed by atoms with Crippen LogP contribution in [0.2, 0.25) is 0 Å². The average Bonchev–Trinajstić information content (AvgIpc) is 2.76. The predicted molar refractivity (Wildman–Crippen MR) is 142 cm³/mol. The van der Waals surface area contributed by atoms with Gasteiger partial charge in [0, 0.05) is 13.1 Å². The van der Waals surface area contributed by atoms with Gasteiger partial charge in [-0.2, -0.15) is 11.8 Å². The van der Waals surface area contributed by atoms with Crippen molar-refractivity contribution in [2.45, 2.75) is 78.5 Å². The third kappa shape index (κ3) is 10.5. The lowest BCUT2D eigenvalue weighted by molar-refractivity contribution is -0.143. The van der Waals surface area contributed by atoms with Crippen molar-refractivity contribution in [3.63, 3.8) is 0 Å². The molecule has 0 bridgehead atoms. The van der Waals surface area contributed by atoms with Gasteiger partial charge in [0.1, 0.15) is 17.7 Å². The number of unbranched alkanes of at least 4 members (excludes halogenated alkanes) is 1. The number of alkyl carbamates (subject to hydrolysis) is 1. The molecule has 0 heterocycles. The number of thioether (sulfide) groups is 1. The molecule has 0 aliphatic rings. The minimum Gasteiger partial charge on any atom is -0.444 e. The summed E-state index contributed by atoms with van der Waals surface area (Å²) in [6.45, 7) is 11.3. The Morgan fingerprint density at radius 3 is 2.43 bits per heavy atom. The van der Waals surface area contributed by atoms with Crippen molar-refractivity contribution in [1.29, 1.82) is 0 Å². The highest BCUT2D eigenvalue weighted by Crippen LogP contribution is 2.27. The van der Waals surface area contributed by atoms with Gasteiger partial charge in [-0.05, 0) is 70.6 Å². The molecule has 1 aromatic rings. The fraction of sp³-hybridized carbons (Fsp3) is 0.654. The van der Waals surface area contributed by atoms with Crippen LogP contribution in [0.25, 0.3) is 0 Å². The van der Waals surface area contributed by atoms with Gasteiger partial charge < -0.3 is 25.4 Å². The number of aliphatic hydroxyl groups is 1. The number of amides is 3. The molecule has 0 aliphatic heterocycles. The first-order valence-corrected chi connectivity index (χ1v) is 13.6. The van der Waals surface area contributed by atoms with Crippen LogP contribution < -0.4 is 10.6 Å². The molecule has 0 aromatic heterocycles. The van der Waals surface area contributed by atoms with E-state index in [0.29, 0.717) is 24.3 Å². The summed E-state index contributed by atoms with van der Waals surface area (Å²) >= 11 is 1.55. The summed E-state index contributed by atoms with van der Waals surface area (Å²) in [4.78, 5) is 41.1. The highest BCUT2D eigenvalue weighted by atomic mass is 32.2. The number of aliphatic hydroxyl groups excluding tert-OH is 1. The zero-order valence-corrected chi connectivity index (χ0v) is 23.1. The summed E-state index contributed by atoms with van der Waals surface area (Å²) < 4.78 is 5.37. The van der Waals surface area contributed by atoms with Crippen molar-refractivity contribution in [1.82, 2.24) is 15.5 Å². The molecule has 8 nitrogen and oxygen atoms in total. The van der Waals surface area contributed by atoms with Crippen LogP contribution >= 0.6 is 11.8 Å². The van der Waals surface area contributed by atoms with Crippen molar-refractivity contribution >= 4 is 29.7 Å². The molecular weight excluding hydrogens is 466 g/mol. The molecule has 0 saturated heterocycles. The molecule has 0 radical (unpaired) electrons. The zero-order chi connectivity index (χ0) is 26.6. The molecule has 1 rings (SSSR count). The molecule has 0 fully saturated rings. The maximum atomic E-state index is 13.8. The molecule has 3 N–H and O–H groups in total. The van der Waals surface area contributed by atoms with Crippen LogP contribution in [0.1, 0.15) is 69.7 Å². The molecule has 2 unspecified atom stereocenters. The molecule has 198 valence electrons. The largest absolute Gasteiger partial charge is 0.444 e. The lowest BCUT2D eigenvalue weighted by Crippen LogP contribution is -2.54. The minimum absolute atomic E-state index is 0.0518. The van der Waals surface area contributed by atoms with Crippen LogP contribution in [0.5, 0.6) is 0 Å². The standard InChI is InChI=1S/C26H43N3O5S/c1-8-9-13-27-23(31)22(20-11-10-18(2)17-19(20)3)29(14-15-30)24(32)21(12-16-35-7)28-25(33)34-26(4,5)6/h10-11,17,21-22,30H,8-9,12-16H2,1-7H3,(H,27,31)(H,28,33). The number of carbonyl (C=O) groups is 3. The number of nitrogens with zero attached hydrogens (tertiary/aromatic N) is 1. The van der Waals surface area contributed by atoms with Crippen LogP contribution in [0, 0.1) is 13.8 Å². The monoisotopic (exact) mass is 509 g/mol. The summed E-state index contributed by atoms with van der Waals surface area (Å²) in [7, 11) is 0. The van der Waals surface area contributed by atoms with E-state index >= 15 is 0 Å². The number of hydrogen-bond donors (Lipinski definition) is 3. The first-order valence-electron chi connectivity index (χ1n) is 12.2. The number of nitrogens with one attached hydrogen (secondary N) is 2. The molecule has 0 spiro atoms. The van der Waals surface area contributed by atoms with Crippen LogP contribution in [-0.4, -0.2) is 71.3 Å². The molecule has 1 aromatic carbocycles. The van der Waals surface area contributed by atoms with Gasteiger partial charge in [0.05, 0.1) is 6.61 Å². The lowest BCUT2D eigenvalue weighted by Gasteiger charge is -2.34. The van der Waals surface area contributed by atoms with Crippen LogP contribution in [0.3, 0.4) is 0 Å². The Morgan fingerprint density at radius 2 is 1.89 bits per heavy atom. The Hall–Kier alpha value is -2.26. The summed E-state index contributed by atoms with van der Waals surface area (Å²) in [6, 6.07) is 3.88. The van der Waals surface area contributed by atoms with Crippen molar-refractivity contribution in [3.8, 4) is 0 Å². The number of ether oxygens (including phenoxy) is 1. The maximum Gasteiger partial charge on any atom is 0.408 e. The highest BCUT2D eigenvalue weighted by Gasteiger charge is 2.36. The molecule has 0 aliphatic carbocycles. The van der Waals surface area contributed by atoms with E-state index in [1.165, 1.54) is 4.90 Å². The van der Waals surface area contributed by atoms with Crippen molar-refractivity contribution < 1.29 is 24.2 Å². The van der Waals surface area contributed by atoms with Crippen molar-refractivity contribution in [3.05, 3.63) is 34.9 Å². The normalized spacial score (nSPS) is 13.0. The second kappa shape index (κ2) is 15.0. The van der Waals surface area contributed by atoms with E-state index in [1.807, 2.05) is 45.2 Å². The van der Waals surface area contributed by atoms with Crippen LogP contribution in [-0.2, 0) is 14.3 Å². The van der Waals surface area contributed by atoms with E-state index < -0.39 is 29.7 Å². The van der Waals surface area contributed by atoms with E-state index in [2.05, 4.69) is 10.6 Å². The fourth-order valence-corrected chi connectivity index (χ4v) is 4.16. The molecule has 3 amide bonds. The third-order valence-corrected chi connectivity index (χ3v) is 5.98. The van der Waals surface area contributed by atoms with E-state index in [1.54, 1.807) is 32.5 Å². The number of rotatable bonds is 13. The smallest absolute Gasteiger partial charge is 0.408 e. The number of aryl methyl sites for hydroxylation is 2. The average molecular weight is 510 g/mol. The molecule has 0 saturated carbocycles. The maximum absolute atomic E-state index is 13.8. The molecular formula is C26H43N3O5S. The van der Waals surface area contributed by atoms with Gasteiger partial charge in [0.25, 0.3) is 0 Å². The highest BCUT2D eigenvalue weighted by molar-refractivity contribution is 7.98. The topological polar surface area (TPSA) is 108 Å². The first kappa shape index (κ1) is 30.8. The van der Waals surface area contributed by atoms with Crippen molar-refractivity contribution in [2.75, 3.05) is 31.7 Å². The summed E-state index contributed by atoms with van der Waals surface area (Å²) in [5, 5.41) is 15.5. The Balaban J connectivity index is 3.41. The van der Waals surface area contributed by atoms with Gasteiger partial charge in [0.2, 0.25) is 11.8 Å². The van der Waals surface area contributed by atoms with Crippen LogP contribution in [0.4, 0.5) is 4.79 Å². The number of hydrogen-bond acceptors (Lipinski definition) is 6. The fourth-order valence-electron chi connectivity index (χ4n) is 3.69. The van der Waals surface area contributed by atoms with E-state index in [9.17, 15) is 19.5 Å². The van der Waals surface area contributed by atoms with Crippen molar-refractivity contribution in [2.24, 2.45) is 0 Å². The van der Waals surface area contributed by atoms with Gasteiger partial charge in [-0.1, -0.05) is 37.1 Å². The lowest BCUT2D eigenvalue weighted by atomic mass is 9.96. The summed E-state index contributed by atoms with van der Waals surface area (Å²) in [5.74, 6) is -0.126. The Kier molecular flexibility index (Phi) is 13.2. The third-order valence-electron chi connectivity index (χ3n) is 5.33.